The van der Waals surface area contributed by atoms with Crippen LogP contribution in [0.3, 0.4) is 0 Å². The monoisotopic (exact) mass is 491 g/mol. The fraction of sp³-hybridized carbons (Fsp3) is 0.296. The van der Waals surface area contributed by atoms with Crippen LogP contribution in [0.4, 0.5) is 0 Å². The molecule has 2 heterocycles. The van der Waals surface area contributed by atoms with Gasteiger partial charge in [-0.1, -0.05) is 24.3 Å². The molecular formula is C27H29N3O4S. The molecule has 1 unspecified atom stereocenters. The third-order valence-corrected chi connectivity index (χ3v) is 8.33. The summed E-state index contributed by atoms with van der Waals surface area (Å²) < 4.78 is 37.5. The van der Waals surface area contributed by atoms with Crippen molar-refractivity contribution in [1.29, 1.82) is 0 Å². The molecule has 8 heteroatoms. The van der Waals surface area contributed by atoms with Gasteiger partial charge in [0.15, 0.2) is 9.84 Å². The first-order valence-electron chi connectivity index (χ1n) is 11.6. The topological polar surface area (TPSA) is 73.7 Å². The van der Waals surface area contributed by atoms with Crippen LogP contribution in [0.15, 0.2) is 72.8 Å². The molecule has 1 aliphatic rings. The first kappa shape index (κ1) is 23.4. The van der Waals surface area contributed by atoms with Crippen LogP contribution >= 0.6 is 0 Å². The van der Waals surface area contributed by atoms with Crippen LogP contribution in [0.1, 0.15) is 17.8 Å². The van der Waals surface area contributed by atoms with E-state index in [4.69, 9.17) is 14.5 Å². The summed E-state index contributed by atoms with van der Waals surface area (Å²) >= 11 is 0. The maximum absolute atomic E-state index is 12.3. The van der Waals surface area contributed by atoms with E-state index in [0.29, 0.717) is 19.5 Å². The van der Waals surface area contributed by atoms with Gasteiger partial charge in [0.25, 0.3) is 0 Å². The zero-order chi connectivity index (χ0) is 24.4. The van der Waals surface area contributed by atoms with Gasteiger partial charge in [0, 0.05) is 18.3 Å². The molecule has 0 saturated carbocycles. The Morgan fingerprint density at radius 2 is 1.57 bits per heavy atom. The molecule has 0 N–H and O–H groups in total. The van der Waals surface area contributed by atoms with Crippen molar-refractivity contribution < 1.29 is 17.9 Å². The Labute approximate surface area is 205 Å². The molecule has 3 aromatic carbocycles. The summed E-state index contributed by atoms with van der Waals surface area (Å²) in [7, 11) is 0.267. The number of benzene rings is 3. The summed E-state index contributed by atoms with van der Waals surface area (Å²) in [6.45, 7) is 1.14. The number of hydrogen-bond acceptors (Lipinski definition) is 6. The summed E-state index contributed by atoms with van der Waals surface area (Å²) in [5.74, 6) is 2.86. The van der Waals surface area contributed by atoms with E-state index in [2.05, 4.69) is 15.5 Å². The van der Waals surface area contributed by atoms with E-state index >= 15 is 0 Å². The quantitative estimate of drug-likeness (QED) is 0.367. The van der Waals surface area contributed by atoms with Gasteiger partial charge in [-0.2, -0.15) is 0 Å². The second-order valence-corrected chi connectivity index (χ2v) is 11.1. The normalized spacial score (nSPS) is 17.2. The fourth-order valence-corrected chi connectivity index (χ4v) is 6.49. The molecule has 0 spiro atoms. The van der Waals surface area contributed by atoms with Crippen molar-refractivity contribution in [3.63, 3.8) is 0 Å². The molecule has 1 aliphatic heterocycles. The maximum Gasteiger partial charge on any atom is 0.151 e. The number of methoxy groups -OCH3 is 2. The predicted octanol–water partition coefficient (Wildman–Crippen LogP) is 4.23. The molecule has 35 heavy (non-hydrogen) atoms. The molecular weight excluding hydrogens is 462 g/mol. The van der Waals surface area contributed by atoms with Crippen LogP contribution in [0.25, 0.3) is 16.7 Å². The first-order chi connectivity index (χ1) is 17.0. The number of ether oxygens (including phenoxy) is 2. The van der Waals surface area contributed by atoms with Crippen molar-refractivity contribution in [3.8, 4) is 17.2 Å². The van der Waals surface area contributed by atoms with Gasteiger partial charge in [0.05, 0.1) is 43.3 Å². The number of hydrogen-bond donors (Lipinski definition) is 0. The standard InChI is InChI=1S/C27H29N3O4S/c1-33-23-11-7-20(8-12-23)17-29(22-15-16-35(31,32)19-22)18-27-28-25-5-3-4-6-26(25)30(27)21-9-13-24(34-2)14-10-21/h3-14,22H,15-19H2,1-2H3. The summed E-state index contributed by atoms with van der Waals surface area (Å²) in [5, 5.41) is 0. The van der Waals surface area contributed by atoms with Gasteiger partial charge in [-0.25, -0.2) is 13.4 Å². The third-order valence-electron chi connectivity index (χ3n) is 6.57. The highest BCUT2D eigenvalue weighted by Crippen LogP contribution is 2.27. The molecule has 1 aromatic heterocycles. The van der Waals surface area contributed by atoms with Gasteiger partial charge in [-0.3, -0.25) is 9.47 Å². The lowest BCUT2D eigenvalue weighted by molar-refractivity contribution is 0.189. The summed E-state index contributed by atoms with van der Waals surface area (Å²) in [4.78, 5) is 7.21. The van der Waals surface area contributed by atoms with Crippen molar-refractivity contribution in [2.24, 2.45) is 0 Å². The number of sulfone groups is 1. The van der Waals surface area contributed by atoms with Crippen LogP contribution in [-0.2, 0) is 22.9 Å². The molecule has 1 saturated heterocycles. The summed E-state index contributed by atoms with van der Waals surface area (Å²) in [5.41, 5.74) is 4.00. The largest absolute Gasteiger partial charge is 0.497 e. The predicted molar refractivity (Wildman–Crippen MR) is 137 cm³/mol. The van der Waals surface area contributed by atoms with E-state index in [1.165, 1.54) is 0 Å². The fourth-order valence-electron chi connectivity index (χ4n) is 4.73. The minimum Gasteiger partial charge on any atom is -0.497 e. The lowest BCUT2D eigenvalue weighted by Gasteiger charge is -2.28. The average molecular weight is 492 g/mol. The Morgan fingerprint density at radius 3 is 2.20 bits per heavy atom. The van der Waals surface area contributed by atoms with E-state index in [9.17, 15) is 8.42 Å². The van der Waals surface area contributed by atoms with E-state index in [1.807, 2.05) is 66.7 Å². The van der Waals surface area contributed by atoms with Crippen molar-refractivity contribution in [2.75, 3.05) is 25.7 Å². The first-order valence-corrected chi connectivity index (χ1v) is 13.5. The Kier molecular flexibility index (Phi) is 6.49. The van der Waals surface area contributed by atoms with E-state index < -0.39 is 9.84 Å². The second kappa shape index (κ2) is 9.71. The molecule has 7 nitrogen and oxygen atoms in total. The molecule has 0 bridgehead atoms. The van der Waals surface area contributed by atoms with E-state index in [0.717, 1.165) is 39.6 Å². The number of nitrogens with zero attached hydrogens (tertiary/aromatic N) is 3. The average Bonchev–Trinajstić information content (AvgIpc) is 3.43. The number of rotatable bonds is 8. The van der Waals surface area contributed by atoms with Crippen LogP contribution in [0, 0.1) is 0 Å². The highest BCUT2D eigenvalue weighted by Gasteiger charge is 2.33. The van der Waals surface area contributed by atoms with Crippen molar-refractivity contribution in [3.05, 3.63) is 84.2 Å². The van der Waals surface area contributed by atoms with Crippen molar-refractivity contribution in [2.45, 2.75) is 25.6 Å². The van der Waals surface area contributed by atoms with Gasteiger partial charge in [-0.15, -0.1) is 0 Å². The Hall–Kier alpha value is -3.36. The van der Waals surface area contributed by atoms with E-state index in [-0.39, 0.29) is 17.5 Å². The van der Waals surface area contributed by atoms with Crippen LogP contribution in [0.2, 0.25) is 0 Å². The molecule has 0 amide bonds. The molecule has 0 radical (unpaired) electrons. The SMILES string of the molecule is COc1ccc(CN(Cc2nc3ccccc3n2-c2ccc(OC)cc2)C2CCS(=O)(=O)C2)cc1. The number of aromatic nitrogens is 2. The molecule has 0 aliphatic carbocycles. The van der Waals surface area contributed by atoms with Gasteiger partial charge in [0.2, 0.25) is 0 Å². The lowest BCUT2D eigenvalue weighted by Crippen LogP contribution is -2.36. The zero-order valence-corrected chi connectivity index (χ0v) is 20.7. The number of imidazole rings is 1. The lowest BCUT2D eigenvalue weighted by atomic mass is 10.1. The Balaban J connectivity index is 1.53. The zero-order valence-electron chi connectivity index (χ0n) is 19.9. The van der Waals surface area contributed by atoms with Crippen molar-refractivity contribution >= 4 is 20.9 Å². The highest BCUT2D eigenvalue weighted by atomic mass is 32.2. The summed E-state index contributed by atoms with van der Waals surface area (Å²) in [6, 6.07) is 23.8. The Morgan fingerprint density at radius 1 is 0.914 bits per heavy atom. The van der Waals surface area contributed by atoms with Crippen molar-refractivity contribution in [1.82, 2.24) is 14.5 Å². The maximum atomic E-state index is 12.3. The summed E-state index contributed by atoms with van der Waals surface area (Å²) in [6.07, 6.45) is 0.626. The number of para-hydroxylation sites is 2. The highest BCUT2D eigenvalue weighted by molar-refractivity contribution is 7.91. The van der Waals surface area contributed by atoms with Gasteiger partial charge in [-0.05, 0) is 60.5 Å². The van der Waals surface area contributed by atoms with Crippen LogP contribution < -0.4 is 9.47 Å². The molecule has 4 aromatic rings. The molecule has 5 rings (SSSR count). The third kappa shape index (κ3) is 5.04. The minimum absolute atomic E-state index is 0.0637. The van der Waals surface area contributed by atoms with Gasteiger partial charge >= 0.3 is 0 Å². The second-order valence-electron chi connectivity index (χ2n) is 8.86. The van der Waals surface area contributed by atoms with Gasteiger partial charge < -0.3 is 9.47 Å². The van der Waals surface area contributed by atoms with Gasteiger partial charge in [0.1, 0.15) is 17.3 Å². The van der Waals surface area contributed by atoms with Crippen LogP contribution in [0.5, 0.6) is 11.5 Å². The Bertz CT molecular complexity index is 1410. The number of fused-ring (bicyclic) bond motifs is 1. The molecule has 1 atom stereocenters. The smallest absolute Gasteiger partial charge is 0.151 e. The molecule has 182 valence electrons. The van der Waals surface area contributed by atoms with Crippen LogP contribution in [-0.4, -0.2) is 54.6 Å². The molecule has 1 fully saturated rings. The minimum atomic E-state index is -3.03. The van der Waals surface area contributed by atoms with E-state index in [1.54, 1.807) is 14.2 Å².